The van der Waals surface area contributed by atoms with Crippen LogP contribution in [0, 0.1) is 17.8 Å². The van der Waals surface area contributed by atoms with Crippen molar-refractivity contribution in [1.29, 1.82) is 0 Å². The van der Waals surface area contributed by atoms with Gasteiger partial charge in [-0.2, -0.15) is 0 Å². The lowest BCUT2D eigenvalue weighted by atomic mass is 9.75. The van der Waals surface area contributed by atoms with Gasteiger partial charge in [0.2, 0.25) is 0 Å². The molecule has 0 unspecified atom stereocenters. The Hall–Kier alpha value is -2.48. The van der Waals surface area contributed by atoms with Gasteiger partial charge in [-0.05, 0) is 49.7 Å². The Morgan fingerprint density at radius 2 is 1.27 bits per heavy atom. The van der Waals surface area contributed by atoms with Crippen LogP contribution in [0.5, 0.6) is 0 Å². The molecule has 0 saturated heterocycles. The average Bonchev–Trinajstić information content (AvgIpc) is 2.75. The van der Waals surface area contributed by atoms with E-state index in [1.807, 2.05) is 68.5 Å². The third kappa shape index (κ3) is 6.26. The van der Waals surface area contributed by atoms with E-state index in [-0.39, 0.29) is 29.3 Å². The number of ketones is 2. The number of carbonyl (C=O) groups is 2. The minimum absolute atomic E-state index is 0.0448. The van der Waals surface area contributed by atoms with Crippen molar-refractivity contribution in [1.82, 2.24) is 0 Å². The molecule has 0 aliphatic rings. The Bertz CT molecular complexity index is 866. The monoisotopic (exact) mass is 404 g/mol. The Balaban J connectivity index is 2.32. The smallest absolute Gasteiger partial charge is 0.170 e. The molecule has 0 aromatic heterocycles. The van der Waals surface area contributed by atoms with Crippen LogP contribution in [0.2, 0.25) is 0 Å². The lowest BCUT2D eigenvalue weighted by molar-refractivity contribution is 0.0839. The van der Waals surface area contributed by atoms with Crippen LogP contribution in [0.15, 0.2) is 60.2 Å². The first-order valence-corrected chi connectivity index (χ1v) is 11.2. The summed E-state index contributed by atoms with van der Waals surface area (Å²) >= 11 is 0. The molecule has 160 valence electrons. The summed E-state index contributed by atoms with van der Waals surface area (Å²) in [5, 5.41) is 0. The van der Waals surface area contributed by atoms with Gasteiger partial charge in [0.15, 0.2) is 11.6 Å². The van der Waals surface area contributed by atoms with Gasteiger partial charge in [-0.25, -0.2) is 0 Å². The largest absolute Gasteiger partial charge is 0.294 e. The van der Waals surface area contributed by atoms with Crippen molar-refractivity contribution in [2.45, 2.75) is 60.8 Å². The van der Waals surface area contributed by atoms with E-state index in [4.69, 9.17) is 0 Å². The highest BCUT2D eigenvalue weighted by Gasteiger charge is 2.31. The van der Waals surface area contributed by atoms with Crippen LogP contribution in [0.3, 0.4) is 0 Å². The molecule has 2 aromatic carbocycles. The van der Waals surface area contributed by atoms with Crippen molar-refractivity contribution >= 4 is 11.6 Å². The zero-order chi connectivity index (χ0) is 22.3. The van der Waals surface area contributed by atoms with Crippen LogP contribution in [0.25, 0.3) is 0 Å². The SMILES string of the molecule is CCc1ccc(C(=O)C[C@@H](C(C)C)[C@@H](C=C(C)C)C(=O)c2ccc(CC)cc2)cc1. The molecular weight excluding hydrogens is 368 g/mol. The molecule has 2 rings (SSSR count). The predicted molar refractivity (Wildman–Crippen MR) is 126 cm³/mol. The summed E-state index contributed by atoms with van der Waals surface area (Å²) in [6.07, 6.45) is 4.33. The second-order valence-electron chi connectivity index (χ2n) is 8.77. The van der Waals surface area contributed by atoms with Crippen molar-refractivity contribution in [3.8, 4) is 0 Å². The van der Waals surface area contributed by atoms with E-state index in [9.17, 15) is 9.59 Å². The zero-order valence-electron chi connectivity index (χ0n) is 19.4. The van der Waals surface area contributed by atoms with Crippen molar-refractivity contribution in [3.05, 3.63) is 82.4 Å². The molecule has 0 aliphatic carbocycles. The minimum Gasteiger partial charge on any atom is -0.294 e. The fraction of sp³-hybridized carbons (Fsp3) is 0.429. The van der Waals surface area contributed by atoms with Gasteiger partial charge in [0.25, 0.3) is 0 Å². The fourth-order valence-electron chi connectivity index (χ4n) is 3.89. The quantitative estimate of drug-likeness (QED) is 0.312. The summed E-state index contributed by atoms with van der Waals surface area (Å²) in [6, 6.07) is 15.8. The molecule has 0 heterocycles. The standard InChI is InChI=1S/C28H36O2/c1-7-21-9-13-23(14-10-21)27(29)18-25(20(5)6)26(17-19(3)4)28(30)24-15-11-22(8-2)12-16-24/h9-17,20,25-26H,7-8,18H2,1-6H3/t25-,26+/m0/s1. The van der Waals surface area contributed by atoms with Gasteiger partial charge in [0.05, 0.1) is 0 Å². The Morgan fingerprint density at radius 3 is 1.67 bits per heavy atom. The maximum absolute atomic E-state index is 13.5. The Kier molecular flexibility index (Phi) is 8.77. The van der Waals surface area contributed by atoms with Crippen LogP contribution >= 0.6 is 0 Å². The van der Waals surface area contributed by atoms with Crippen molar-refractivity contribution in [2.24, 2.45) is 17.8 Å². The Labute approximate surface area is 182 Å². The molecule has 0 amide bonds. The fourth-order valence-corrected chi connectivity index (χ4v) is 3.89. The maximum Gasteiger partial charge on any atom is 0.170 e. The van der Waals surface area contributed by atoms with Crippen LogP contribution in [0.1, 0.15) is 79.8 Å². The van der Waals surface area contributed by atoms with Crippen LogP contribution in [-0.2, 0) is 12.8 Å². The van der Waals surface area contributed by atoms with Crippen LogP contribution < -0.4 is 0 Å². The highest BCUT2D eigenvalue weighted by molar-refractivity contribution is 6.00. The number of benzene rings is 2. The van der Waals surface area contributed by atoms with Gasteiger partial charge in [-0.1, -0.05) is 87.9 Å². The highest BCUT2D eigenvalue weighted by atomic mass is 16.1. The van der Waals surface area contributed by atoms with Crippen LogP contribution in [-0.4, -0.2) is 11.6 Å². The van der Waals surface area contributed by atoms with E-state index < -0.39 is 0 Å². The summed E-state index contributed by atoms with van der Waals surface area (Å²) < 4.78 is 0. The number of hydrogen-bond acceptors (Lipinski definition) is 2. The second-order valence-corrected chi connectivity index (χ2v) is 8.77. The lowest BCUT2D eigenvalue weighted by Crippen LogP contribution is -2.29. The summed E-state index contributed by atoms with van der Waals surface area (Å²) in [7, 11) is 0. The molecule has 0 radical (unpaired) electrons. The van der Waals surface area contributed by atoms with Gasteiger partial charge >= 0.3 is 0 Å². The normalized spacial score (nSPS) is 13.0. The summed E-state index contributed by atoms with van der Waals surface area (Å²) in [4.78, 5) is 26.5. The van der Waals surface area contributed by atoms with E-state index >= 15 is 0 Å². The number of carbonyl (C=O) groups excluding carboxylic acids is 2. The zero-order valence-corrected chi connectivity index (χ0v) is 19.4. The Morgan fingerprint density at radius 1 is 0.800 bits per heavy atom. The van der Waals surface area contributed by atoms with Crippen molar-refractivity contribution in [2.75, 3.05) is 0 Å². The third-order valence-corrected chi connectivity index (χ3v) is 5.89. The molecule has 0 N–H and O–H groups in total. The number of rotatable bonds is 10. The van der Waals surface area contributed by atoms with Gasteiger partial charge in [-0.3, -0.25) is 9.59 Å². The number of hydrogen-bond donors (Lipinski definition) is 0. The third-order valence-electron chi connectivity index (χ3n) is 5.89. The summed E-state index contributed by atoms with van der Waals surface area (Å²) in [6.45, 7) is 12.5. The van der Waals surface area contributed by atoms with Gasteiger partial charge in [-0.15, -0.1) is 0 Å². The molecule has 0 aliphatic heterocycles. The number of Topliss-reactive ketones (excluding diaryl/α,β-unsaturated/α-hetero) is 2. The second kappa shape index (κ2) is 11.1. The number of allylic oxidation sites excluding steroid dienone is 2. The molecule has 0 spiro atoms. The van der Waals surface area contributed by atoms with Crippen molar-refractivity contribution < 1.29 is 9.59 Å². The molecule has 2 heteroatoms. The molecular formula is C28H36O2. The predicted octanol–water partition coefficient (Wildman–Crippen LogP) is 7.12. The van der Waals surface area contributed by atoms with E-state index in [0.717, 1.165) is 29.5 Å². The minimum atomic E-state index is -0.304. The molecule has 2 atom stereocenters. The van der Waals surface area contributed by atoms with Crippen LogP contribution in [0.4, 0.5) is 0 Å². The van der Waals surface area contributed by atoms with Crippen molar-refractivity contribution in [3.63, 3.8) is 0 Å². The molecule has 2 aromatic rings. The topological polar surface area (TPSA) is 34.1 Å². The average molecular weight is 405 g/mol. The molecule has 0 saturated carbocycles. The maximum atomic E-state index is 13.5. The first kappa shape index (κ1) is 23.8. The van der Waals surface area contributed by atoms with E-state index in [1.165, 1.54) is 11.1 Å². The van der Waals surface area contributed by atoms with E-state index in [2.05, 4.69) is 27.7 Å². The first-order chi connectivity index (χ1) is 14.3. The van der Waals surface area contributed by atoms with E-state index in [0.29, 0.717) is 6.42 Å². The lowest BCUT2D eigenvalue weighted by Gasteiger charge is -2.27. The summed E-state index contributed by atoms with van der Waals surface area (Å²) in [5.41, 5.74) is 4.99. The van der Waals surface area contributed by atoms with E-state index in [1.54, 1.807) is 0 Å². The van der Waals surface area contributed by atoms with Gasteiger partial charge in [0, 0.05) is 23.5 Å². The highest BCUT2D eigenvalue weighted by Crippen LogP contribution is 2.31. The molecule has 0 fully saturated rings. The number of aryl methyl sites for hydroxylation is 2. The molecule has 30 heavy (non-hydrogen) atoms. The first-order valence-electron chi connectivity index (χ1n) is 11.2. The molecule has 0 bridgehead atoms. The van der Waals surface area contributed by atoms with Gasteiger partial charge in [0.1, 0.15) is 0 Å². The summed E-state index contributed by atoms with van der Waals surface area (Å²) in [5.74, 6) is 0.0746. The molecule has 2 nitrogen and oxygen atoms in total. The van der Waals surface area contributed by atoms with Gasteiger partial charge < -0.3 is 0 Å².